The molecule has 1 amide bonds. The summed E-state index contributed by atoms with van der Waals surface area (Å²) in [7, 11) is 0. The summed E-state index contributed by atoms with van der Waals surface area (Å²) in [6.07, 6.45) is 5.39. The maximum atomic E-state index is 12.0. The van der Waals surface area contributed by atoms with Crippen LogP contribution >= 0.6 is 0 Å². The second-order valence-electron chi connectivity index (χ2n) is 6.58. The molecule has 0 bridgehead atoms. The molecular formula is C20H23N3O3. The highest BCUT2D eigenvalue weighted by Crippen LogP contribution is 2.24. The Morgan fingerprint density at radius 3 is 2.58 bits per heavy atom. The molecule has 0 spiro atoms. The number of anilines is 2. The molecule has 1 aromatic carbocycles. The molecule has 0 radical (unpaired) electrons. The summed E-state index contributed by atoms with van der Waals surface area (Å²) in [5, 5.41) is 2.74. The highest BCUT2D eigenvalue weighted by molar-refractivity contribution is 5.95. The van der Waals surface area contributed by atoms with E-state index in [0.717, 1.165) is 24.7 Å². The van der Waals surface area contributed by atoms with Crippen molar-refractivity contribution in [1.29, 1.82) is 0 Å². The third-order valence-electron chi connectivity index (χ3n) is 4.53. The number of aromatic nitrogens is 1. The first kappa shape index (κ1) is 17.9. The molecule has 0 atom stereocenters. The lowest BCUT2D eigenvalue weighted by Gasteiger charge is -2.32. The minimum Gasteiger partial charge on any atom is -0.452 e. The number of hydrogen-bond donors (Lipinski definition) is 1. The molecule has 3 rings (SSSR count). The van der Waals surface area contributed by atoms with Gasteiger partial charge in [0.2, 0.25) is 0 Å². The number of carbonyl (C=O) groups excluding carboxylic acids is 2. The average Bonchev–Trinajstić information content (AvgIpc) is 2.68. The molecule has 1 aliphatic rings. The second-order valence-corrected chi connectivity index (χ2v) is 6.58. The van der Waals surface area contributed by atoms with Crippen LogP contribution in [0.2, 0.25) is 0 Å². The van der Waals surface area contributed by atoms with Crippen molar-refractivity contribution in [2.45, 2.75) is 19.8 Å². The van der Waals surface area contributed by atoms with Gasteiger partial charge in [0.25, 0.3) is 5.91 Å². The van der Waals surface area contributed by atoms with Crippen LogP contribution < -0.4 is 10.2 Å². The minimum absolute atomic E-state index is 0.320. The van der Waals surface area contributed by atoms with Gasteiger partial charge in [0.1, 0.15) is 0 Å². The smallest absolute Gasteiger partial charge is 0.340 e. The predicted molar refractivity (Wildman–Crippen MR) is 100 cm³/mol. The van der Waals surface area contributed by atoms with Crippen molar-refractivity contribution in [3.63, 3.8) is 0 Å². The molecular weight excluding hydrogens is 330 g/mol. The number of carbonyl (C=O) groups is 2. The number of pyridine rings is 1. The predicted octanol–water partition coefficient (Wildman–Crippen LogP) is 3.11. The Morgan fingerprint density at radius 2 is 1.92 bits per heavy atom. The number of nitrogens with one attached hydrogen (secondary N) is 1. The normalized spacial score (nSPS) is 14.7. The van der Waals surface area contributed by atoms with E-state index in [2.05, 4.69) is 22.1 Å². The van der Waals surface area contributed by atoms with E-state index in [1.807, 2.05) is 24.3 Å². The van der Waals surface area contributed by atoms with Gasteiger partial charge in [-0.1, -0.05) is 6.92 Å². The molecule has 0 aliphatic carbocycles. The Kier molecular flexibility index (Phi) is 5.84. The van der Waals surface area contributed by atoms with Crippen molar-refractivity contribution in [1.82, 2.24) is 4.98 Å². The van der Waals surface area contributed by atoms with E-state index in [1.54, 1.807) is 18.3 Å². The SMILES string of the molecule is CC1CCN(c2ccc(NC(=O)COC(=O)c3cccnc3)cc2)CC1. The maximum absolute atomic E-state index is 12.0. The first-order valence-corrected chi connectivity index (χ1v) is 8.84. The Balaban J connectivity index is 1.48. The number of nitrogens with zero attached hydrogens (tertiary/aromatic N) is 2. The molecule has 2 aromatic rings. The fourth-order valence-corrected chi connectivity index (χ4v) is 2.92. The fourth-order valence-electron chi connectivity index (χ4n) is 2.92. The van der Waals surface area contributed by atoms with Crippen molar-refractivity contribution in [2.24, 2.45) is 5.92 Å². The van der Waals surface area contributed by atoms with Crippen LogP contribution in [-0.2, 0) is 9.53 Å². The van der Waals surface area contributed by atoms with E-state index < -0.39 is 5.97 Å². The van der Waals surface area contributed by atoms with Gasteiger partial charge in [-0.2, -0.15) is 0 Å². The fraction of sp³-hybridized carbons (Fsp3) is 0.350. The summed E-state index contributed by atoms with van der Waals surface area (Å²) >= 11 is 0. The molecule has 1 aromatic heterocycles. The molecule has 6 nitrogen and oxygen atoms in total. The van der Waals surface area contributed by atoms with Crippen LogP contribution in [0, 0.1) is 5.92 Å². The van der Waals surface area contributed by atoms with Crippen LogP contribution in [0.15, 0.2) is 48.8 Å². The zero-order chi connectivity index (χ0) is 18.4. The first-order chi connectivity index (χ1) is 12.6. The van der Waals surface area contributed by atoms with E-state index in [4.69, 9.17) is 4.74 Å². The summed E-state index contributed by atoms with van der Waals surface area (Å²) in [4.78, 5) is 30.0. The molecule has 1 fully saturated rings. The van der Waals surface area contributed by atoms with Gasteiger partial charge in [-0.05, 0) is 55.2 Å². The third-order valence-corrected chi connectivity index (χ3v) is 4.53. The number of hydrogen-bond acceptors (Lipinski definition) is 5. The van der Waals surface area contributed by atoms with Crippen molar-refractivity contribution in [2.75, 3.05) is 29.9 Å². The van der Waals surface area contributed by atoms with Crippen molar-refractivity contribution < 1.29 is 14.3 Å². The van der Waals surface area contributed by atoms with Gasteiger partial charge in [0.05, 0.1) is 5.56 Å². The van der Waals surface area contributed by atoms with Gasteiger partial charge < -0.3 is 15.0 Å². The lowest BCUT2D eigenvalue weighted by Crippen LogP contribution is -2.32. The topological polar surface area (TPSA) is 71.5 Å². The van der Waals surface area contributed by atoms with E-state index >= 15 is 0 Å². The van der Waals surface area contributed by atoms with Crippen LogP contribution in [0.25, 0.3) is 0 Å². The van der Waals surface area contributed by atoms with Crippen LogP contribution in [0.1, 0.15) is 30.1 Å². The Bertz CT molecular complexity index is 739. The van der Waals surface area contributed by atoms with Gasteiger partial charge >= 0.3 is 5.97 Å². The molecule has 2 heterocycles. The summed E-state index contributed by atoms with van der Waals surface area (Å²) in [6.45, 7) is 4.09. The summed E-state index contributed by atoms with van der Waals surface area (Å²) in [6, 6.07) is 11.0. The molecule has 26 heavy (non-hydrogen) atoms. The van der Waals surface area contributed by atoms with Crippen LogP contribution in [-0.4, -0.2) is 36.6 Å². The van der Waals surface area contributed by atoms with Gasteiger partial charge in [0, 0.05) is 36.9 Å². The summed E-state index contributed by atoms with van der Waals surface area (Å²) < 4.78 is 4.99. The maximum Gasteiger partial charge on any atom is 0.340 e. The van der Waals surface area contributed by atoms with Crippen molar-refractivity contribution in [3.8, 4) is 0 Å². The number of amides is 1. The molecule has 6 heteroatoms. The minimum atomic E-state index is -0.567. The van der Waals surface area contributed by atoms with Crippen molar-refractivity contribution >= 4 is 23.3 Å². The quantitative estimate of drug-likeness (QED) is 0.836. The van der Waals surface area contributed by atoms with Gasteiger partial charge in [-0.25, -0.2) is 4.79 Å². The second kappa shape index (κ2) is 8.47. The van der Waals surface area contributed by atoms with Crippen LogP contribution in [0.5, 0.6) is 0 Å². The van der Waals surface area contributed by atoms with Gasteiger partial charge in [-0.15, -0.1) is 0 Å². The first-order valence-electron chi connectivity index (χ1n) is 8.84. The number of esters is 1. The van der Waals surface area contributed by atoms with E-state index in [-0.39, 0.29) is 12.5 Å². The molecule has 1 N–H and O–H groups in total. The monoisotopic (exact) mass is 353 g/mol. The lowest BCUT2D eigenvalue weighted by molar-refractivity contribution is -0.119. The zero-order valence-corrected chi connectivity index (χ0v) is 14.9. The van der Waals surface area contributed by atoms with Crippen LogP contribution in [0.4, 0.5) is 11.4 Å². The Hall–Kier alpha value is -2.89. The molecule has 0 saturated carbocycles. The third kappa shape index (κ3) is 4.81. The van der Waals surface area contributed by atoms with E-state index in [1.165, 1.54) is 19.0 Å². The van der Waals surface area contributed by atoms with Gasteiger partial charge in [-0.3, -0.25) is 9.78 Å². The molecule has 0 unspecified atom stereocenters. The van der Waals surface area contributed by atoms with Crippen LogP contribution in [0.3, 0.4) is 0 Å². The molecule has 1 saturated heterocycles. The summed E-state index contributed by atoms with van der Waals surface area (Å²) in [5.74, 6) is -0.149. The highest BCUT2D eigenvalue weighted by Gasteiger charge is 2.16. The van der Waals surface area contributed by atoms with E-state index in [9.17, 15) is 9.59 Å². The Morgan fingerprint density at radius 1 is 1.19 bits per heavy atom. The average molecular weight is 353 g/mol. The number of ether oxygens (including phenoxy) is 1. The number of piperidine rings is 1. The largest absolute Gasteiger partial charge is 0.452 e. The van der Waals surface area contributed by atoms with Gasteiger partial charge in [0.15, 0.2) is 6.61 Å². The zero-order valence-electron chi connectivity index (χ0n) is 14.9. The number of rotatable bonds is 5. The summed E-state index contributed by atoms with van der Waals surface area (Å²) in [5.41, 5.74) is 2.17. The standard InChI is InChI=1S/C20H23N3O3/c1-15-8-11-23(12-9-15)18-6-4-17(5-7-18)22-19(24)14-26-20(25)16-3-2-10-21-13-16/h2-7,10,13,15H,8-9,11-12,14H2,1H3,(H,22,24). The van der Waals surface area contributed by atoms with E-state index in [0.29, 0.717) is 11.3 Å². The molecule has 1 aliphatic heterocycles. The van der Waals surface area contributed by atoms with Crippen molar-refractivity contribution in [3.05, 3.63) is 54.4 Å². The Labute approximate surface area is 153 Å². The molecule has 136 valence electrons. The highest BCUT2D eigenvalue weighted by atomic mass is 16.5. The number of benzene rings is 1. The lowest BCUT2D eigenvalue weighted by atomic mass is 9.99.